The highest BCUT2D eigenvalue weighted by Gasteiger charge is 2.34. The fourth-order valence-electron chi connectivity index (χ4n) is 2.72. The molecule has 1 aliphatic rings. The zero-order valence-electron chi connectivity index (χ0n) is 12.5. The fourth-order valence-corrected chi connectivity index (χ4v) is 2.72. The third-order valence-corrected chi connectivity index (χ3v) is 4.17. The number of carbonyl (C=O) groups excluding carboxylic acids is 1. The summed E-state index contributed by atoms with van der Waals surface area (Å²) >= 11 is 0. The number of hydrogen-bond donors (Lipinski definition) is 3. The molecule has 0 atom stereocenters. The van der Waals surface area contributed by atoms with E-state index in [1.165, 1.54) is 0 Å². The Bertz CT molecular complexity index is 482. The van der Waals surface area contributed by atoms with Gasteiger partial charge in [-0.25, -0.2) is 0 Å². The number of nitrogens with two attached hydrogens (primary N) is 1. The summed E-state index contributed by atoms with van der Waals surface area (Å²) in [7, 11) is 0. The highest BCUT2D eigenvalue weighted by Crippen LogP contribution is 2.31. The van der Waals surface area contributed by atoms with Crippen molar-refractivity contribution in [3.8, 4) is 5.75 Å². The molecule has 0 unspecified atom stereocenters. The lowest BCUT2D eigenvalue weighted by atomic mass is 9.77. The number of anilines is 1. The van der Waals surface area contributed by atoms with Crippen LogP contribution in [0.1, 0.15) is 32.6 Å². The van der Waals surface area contributed by atoms with Crippen molar-refractivity contribution in [1.82, 2.24) is 5.32 Å². The number of aliphatic hydroxyl groups excluding tert-OH is 1. The first kappa shape index (κ1) is 15.6. The van der Waals surface area contributed by atoms with E-state index in [0.717, 1.165) is 25.7 Å². The molecule has 2 rings (SSSR count). The van der Waals surface area contributed by atoms with Gasteiger partial charge in [0.1, 0.15) is 5.75 Å². The Kier molecular flexibility index (Phi) is 5.07. The number of hydrogen-bond acceptors (Lipinski definition) is 4. The van der Waals surface area contributed by atoms with Gasteiger partial charge in [-0.3, -0.25) is 4.79 Å². The first-order valence-corrected chi connectivity index (χ1v) is 7.43. The maximum absolute atomic E-state index is 12.0. The summed E-state index contributed by atoms with van der Waals surface area (Å²) in [6.07, 6.45) is 3.68. The minimum absolute atomic E-state index is 0.0241. The molecule has 0 spiro atoms. The molecule has 4 N–H and O–H groups in total. The number of amides is 1. The van der Waals surface area contributed by atoms with E-state index in [-0.39, 0.29) is 19.1 Å². The van der Waals surface area contributed by atoms with Crippen molar-refractivity contribution < 1.29 is 14.6 Å². The third kappa shape index (κ3) is 4.36. The number of carbonyl (C=O) groups is 1. The summed E-state index contributed by atoms with van der Waals surface area (Å²) in [6.45, 7) is 2.11. The van der Waals surface area contributed by atoms with Gasteiger partial charge in [-0.15, -0.1) is 0 Å². The van der Waals surface area contributed by atoms with Crippen LogP contribution >= 0.6 is 0 Å². The van der Waals surface area contributed by atoms with E-state index < -0.39 is 5.54 Å². The smallest absolute Gasteiger partial charge is 0.258 e. The predicted octanol–water partition coefficient (Wildman–Crippen LogP) is 1.70. The molecule has 1 aliphatic carbocycles. The Balaban J connectivity index is 1.86. The second-order valence-corrected chi connectivity index (χ2v) is 6.03. The lowest BCUT2D eigenvalue weighted by Gasteiger charge is -2.38. The Morgan fingerprint density at radius 3 is 2.81 bits per heavy atom. The van der Waals surface area contributed by atoms with E-state index in [2.05, 4.69) is 12.2 Å². The van der Waals surface area contributed by atoms with E-state index in [1.54, 1.807) is 24.3 Å². The lowest BCUT2D eigenvalue weighted by Crippen LogP contribution is -2.54. The van der Waals surface area contributed by atoms with Crippen LogP contribution in [0.4, 0.5) is 5.69 Å². The quantitative estimate of drug-likeness (QED) is 0.721. The highest BCUT2D eigenvalue weighted by atomic mass is 16.5. The number of rotatable bonds is 5. The van der Waals surface area contributed by atoms with Crippen LogP contribution in [-0.2, 0) is 4.79 Å². The maximum atomic E-state index is 12.0. The lowest BCUT2D eigenvalue weighted by molar-refractivity contribution is -0.126. The average Bonchev–Trinajstić information content (AvgIpc) is 2.48. The zero-order chi connectivity index (χ0) is 15.3. The first-order chi connectivity index (χ1) is 10.0. The molecule has 1 aromatic carbocycles. The highest BCUT2D eigenvalue weighted by molar-refractivity contribution is 5.78. The van der Waals surface area contributed by atoms with Crippen LogP contribution in [0.15, 0.2) is 24.3 Å². The number of nitrogen functional groups attached to an aromatic ring is 1. The molecule has 1 aromatic rings. The number of ether oxygens (including phenoxy) is 1. The number of aliphatic hydroxyl groups is 1. The summed E-state index contributed by atoms with van der Waals surface area (Å²) < 4.78 is 5.43. The predicted molar refractivity (Wildman–Crippen MR) is 81.9 cm³/mol. The summed E-state index contributed by atoms with van der Waals surface area (Å²) in [4.78, 5) is 12.0. The van der Waals surface area contributed by atoms with Crippen molar-refractivity contribution in [2.24, 2.45) is 5.92 Å². The molecule has 116 valence electrons. The molecule has 0 aliphatic heterocycles. The van der Waals surface area contributed by atoms with Crippen LogP contribution in [0.3, 0.4) is 0 Å². The molecular formula is C16H24N2O3. The van der Waals surface area contributed by atoms with Crippen LogP contribution in [0.25, 0.3) is 0 Å². The molecule has 0 saturated heterocycles. The average molecular weight is 292 g/mol. The Hall–Kier alpha value is -1.75. The maximum Gasteiger partial charge on any atom is 0.258 e. The van der Waals surface area contributed by atoms with Crippen LogP contribution in [0.5, 0.6) is 5.75 Å². The molecule has 1 fully saturated rings. The molecule has 5 nitrogen and oxygen atoms in total. The van der Waals surface area contributed by atoms with E-state index in [9.17, 15) is 9.90 Å². The van der Waals surface area contributed by atoms with Crippen molar-refractivity contribution in [2.45, 2.75) is 38.1 Å². The third-order valence-electron chi connectivity index (χ3n) is 4.17. The minimum atomic E-state index is -0.483. The molecule has 1 amide bonds. The van der Waals surface area contributed by atoms with Gasteiger partial charge in [0.2, 0.25) is 0 Å². The van der Waals surface area contributed by atoms with Gasteiger partial charge >= 0.3 is 0 Å². The molecule has 5 heteroatoms. The Morgan fingerprint density at radius 2 is 2.19 bits per heavy atom. The standard InChI is InChI=1S/C16H24N2O3/c1-12-5-7-16(11-19,8-6-12)18-15(20)10-21-14-4-2-3-13(17)9-14/h2-4,9,12,19H,5-8,10-11,17H2,1H3,(H,18,20). The van der Waals surface area contributed by atoms with Gasteiger partial charge in [0.15, 0.2) is 6.61 Å². The van der Waals surface area contributed by atoms with Gasteiger partial charge in [0, 0.05) is 11.8 Å². The topological polar surface area (TPSA) is 84.6 Å². The van der Waals surface area contributed by atoms with Gasteiger partial charge in [-0.05, 0) is 43.7 Å². The summed E-state index contributed by atoms with van der Waals surface area (Å²) in [5.74, 6) is 1.02. The largest absolute Gasteiger partial charge is 0.484 e. The molecule has 0 heterocycles. The summed E-state index contributed by atoms with van der Waals surface area (Å²) in [6, 6.07) is 6.97. The number of nitrogens with one attached hydrogen (secondary N) is 1. The molecule has 0 bridgehead atoms. The molecular weight excluding hydrogens is 268 g/mol. The van der Waals surface area contributed by atoms with Crippen molar-refractivity contribution in [1.29, 1.82) is 0 Å². The minimum Gasteiger partial charge on any atom is -0.484 e. The van der Waals surface area contributed by atoms with Crippen LogP contribution in [0, 0.1) is 5.92 Å². The Morgan fingerprint density at radius 1 is 1.48 bits per heavy atom. The monoisotopic (exact) mass is 292 g/mol. The fraction of sp³-hybridized carbons (Fsp3) is 0.562. The van der Waals surface area contributed by atoms with E-state index in [4.69, 9.17) is 10.5 Å². The summed E-state index contributed by atoms with van der Waals surface area (Å²) in [5.41, 5.74) is 5.77. The number of benzene rings is 1. The van der Waals surface area contributed by atoms with E-state index in [1.807, 2.05) is 0 Å². The van der Waals surface area contributed by atoms with Crippen molar-refractivity contribution in [2.75, 3.05) is 18.9 Å². The van der Waals surface area contributed by atoms with E-state index in [0.29, 0.717) is 17.4 Å². The van der Waals surface area contributed by atoms with Crippen LogP contribution in [0.2, 0.25) is 0 Å². The van der Waals surface area contributed by atoms with Gasteiger partial charge < -0.3 is 20.9 Å². The van der Waals surface area contributed by atoms with Gasteiger partial charge in [0.05, 0.1) is 12.1 Å². The zero-order valence-corrected chi connectivity index (χ0v) is 12.5. The SMILES string of the molecule is CC1CCC(CO)(NC(=O)COc2cccc(N)c2)CC1. The molecule has 1 saturated carbocycles. The van der Waals surface area contributed by atoms with Crippen molar-refractivity contribution in [3.05, 3.63) is 24.3 Å². The Labute approximate surface area is 125 Å². The normalized spacial score (nSPS) is 25.3. The molecule has 0 radical (unpaired) electrons. The van der Waals surface area contributed by atoms with Gasteiger partial charge in [-0.2, -0.15) is 0 Å². The van der Waals surface area contributed by atoms with Gasteiger partial charge in [0.25, 0.3) is 5.91 Å². The van der Waals surface area contributed by atoms with Crippen LogP contribution in [-0.4, -0.2) is 29.8 Å². The summed E-state index contributed by atoms with van der Waals surface area (Å²) in [5, 5.41) is 12.6. The molecule has 0 aromatic heterocycles. The van der Waals surface area contributed by atoms with E-state index >= 15 is 0 Å². The van der Waals surface area contributed by atoms with Gasteiger partial charge in [-0.1, -0.05) is 13.0 Å². The van der Waals surface area contributed by atoms with Crippen molar-refractivity contribution in [3.63, 3.8) is 0 Å². The van der Waals surface area contributed by atoms with Crippen LogP contribution < -0.4 is 15.8 Å². The second kappa shape index (κ2) is 6.80. The molecule has 21 heavy (non-hydrogen) atoms. The second-order valence-electron chi connectivity index (χ2n) is 6.03. The van der Waals surface area contributed by atoms with Crippen molar-refractivity contribution >= 4 is 11.6 Å². The first-order valence-electron chi connectivity index (χ1n) is 7.43.